The largest absolute Gasteiger partial charge is 0.444 e. The van der Waals surface area contributed by atoms with Gasteiger partial charge in [-0.05, 0) is 38.6 Å². The third kappa shape index (κ3) is 4.32. The van der Waals surface area contributed by atoms with Crippen LogP contribution in [0.1, 0.15) is 30.2 Å². The number of urea groups is 1. The smallest absolute Gasteiger partial charge is 0.319 e. The lowest BCUT2D eigenvalue weighted by molar-refractivity contribution is 0.250. The van der Waals surface area contributed by atoms with Gasteiger partial charge in [-0.25, -0.2) is 9.78 Å². The highest BCUT2D eigenvalue weighted by atomic mass is 16.4. The molecule has 6 heteroatoms. The van der Waals surface area contributed by atoms with E-state index in [1.165, 1.54) is 0 Å². The predicted molar refractivity (Wildman–Crippen MR) is 81.0 cm³/mol. The van der Waals surface area contributed by atoms with Gasteiger partial charge in [-0.15, -0.1) is 0 Å². The number of carbonyl (C=O) groups excluding carboxylic acids is 1. The van der Waals surface area contributed by atoms with Crippen molar-refractivity contribution < 1.29 is 9.21 Å². The van der Waals surface area contributed by atoms with Gasteiger partial charge in [0.05, 0.1) is 12.7 Å². The molecule has 112 valence electrons. The van der Waals surface area contributed by atoms with Crippen LogP contribution in [0.4, 0.5) is 10.5 Å². The minimum atomic E-state index is -0.292. The Morgan fingerprint density at radius 2 is 2.24 bits per heavy atom. The van der Waals surface area contributed by atoms with Gasteiger partial charge in [-0.3, -0.25) is 0 Å². The molecule has 1 heterocycles. The number of rotatable bonds is 5. The monoisotopic (exact) mass is 288 g/mol. The molecular weight excluding hydrogens is 268 g/mol. The summed E-state index contributed by atoms with van der Waals surface area (Å²) in [5.74, 6) is 1.21. The highest BCUT2D eigenvalue weighted by Crippen LogP contribution is 2.16. The zero-order chi connectivity index (χ0) is 15.2. The van der Waals surface area contributed by atoms with Crippen molar-refractivity contribution in [2.75, 3.05) is 12.4 Å². The van der Waals surface area contributed by atoms with Gasteiger partial charge in [-0.1, -0.05) is 12.1 Å². The van der Waals surface area contributed by atoms with Crippen molar-refractivity contribution >= 4 is 11.7 Å². The van der Waals surface area contributed by atoms with Crippen LogP contribution in [0.25, 0.3) is 0 Å². The summed E-state index contributed by atoms with van der Waals surface area (Å²) in [6, 6.07) is 7.65. The molecule has 1 unspecified atom stereocenters. The summed E-state index contributed by atoms with van der Waals surface area (Å²) >= 11 is 0. The number of anilines is 1. The Bertz CT molecular complexity index is 609. The Balaban J connectivity index is 1.90. The summed E-state index contributed by atoms with van der Waals surface area (Å²) in [6.45, 7) is 4.13. The zero-order valence-electron chi connectivity index (χ0n) is 12.4. The summed E-state index contributed by atoms with van der Waals surface area (Å²) in [5.41, 5.74) is 1.86. The molecule has 0 spiro atoms. The van der Waals surface area contributed by atoms with E-state index in [-0.39, 0.29) is 18.6 Å². The van der Waals surface area contributed by atoms with Gasteiger partial charge < -0.3 is 20.4 Å². The predicted octanol–water partition coefficient (Wildman–Crippen LogP) is 2.59. The van der Waals surface area contributed by atoms with Gasteiger partial charge in [0.2, 0.25) is 5.89 Å². The number of carbonyl (C=O) groups is 1. The van der Waals surface area contributed by atoms with Gasteiger partial charge in [0.15, 0.2) is 0 Å². The molecule has 1 aromatic carbocycles. The van der Waals surface area contributed by atoms with Crippen LogP contribution < -0.4 is 16.0 Å². The molecule has 0 aliphatic heterocycles. The molecule has 6 nitrogen and oxygen atoms in total. The molecule has 0 radical (unpaired) electrons. The van der Waals surface area contributed by atoms with Crippen LogP contribution >= 0.6 is 0 Å². The van der Waals surface area contributed by atoms with Gasteiger partial charge in [0.1, 0.15) is 5.76 Å². The number of nitrogens with zero attached hydrogens (tertiary/aromatic N) is 1. The van der Waals surface area contributed by atoms with Crippen molar-refractivity contribution in [3.63, 3.8) is 0 Å². The first-order valence-electron chi connectivity index (χ1n) is 6.82. The molecule has 21 heavy (non-hydrogen) atoms. The number of nitrogens with one attached hydrogen (secondary N) is 3. The van der Waals surface area contributed by atoms with Crippen molar-refractivity contribution in [3.05, 3.63) is 47.7 Å². The van der Waals surface area contributed by atoms with Gasteiger partial charge in [0.25, 0.3) is 0 Å². The van der Waals surface area contributed by atoms with Gasteiger partial charge >= 0.3 is 6.03 Å². The first-order chi connectivity index (χ1) is 10.1. The summed E-state index contributed by atoms with van der Waals surface area (Å²) < 4.78 is 5.29. The van der Waals surface area contributed by atoms with E-state index in [1.807, 2.05) is 38.2 Å². The Morgan fingerprint density at radius 1 is 1.43 bits per heavy atom. The van der Waals surface area contributed by atoms with Crippen LogP contribution in [0.2, 0.25) is 0 Å². The maximum atomic E-state index is 11.8. The van der Waals surface area contributed by atoms with Crippen LogP contribution in [-0.2, 0) is 6.54 Å². The van der Waals surface area contributed by atoms with E-state index in [1.54, 1.807) is 6.20 Å². The highest BCUT2D eigenvalue weighted by Gasteiger charge is 2.07. The average molecular weight is 288 g/mol. The Morgan fingerprint density at radius 3 is 2.90 bits per heavy atom. The SMILES string of the molecule is CNC(C)c1cccc(NC(=O)NCc2ncc(C)o2)c1. The number of hydrogen-bond acceptors (Lipinski definition) is 4. The molecule has 0 saturated heterocycles. The molecule has 2 amide bonds. The maximum absolute atomic E-state index is 11.8. The Kier molecular flexibility index (Phi) is 4.94. The van der Waals surface area contributed by atoms with Crippen LogP contribution in [0.15, 0.2) is 34.9 Å². The second-order valence-electron chi connectivity index (χ2n) is 4.81. The average Bonchev–Trinajstić information content (AvgIpc) is 2.90. The number of aryl methyl sites for hydroxylation is 1. The van der Waals surface area contributed by atoms with Crippen molar-refractivity contribution in [2.45, 2.75) is 26.4 Å². The van der Waals surface area contributed by atoms with Crippen molar-refractivity contribution in [1.82, 2.24) is 15.6 Å². The molecule has 1 aromatic heterocycles. The van der Waals surface area contributed by atoms with Gasteiger partial charge in [0, 0.05) is 11.7 Å². The molecule has 0 aliphatic rings. The van der Waals surface area contributed by atoms with Crippen molar-refractivity contribution in [3.8, 4) is 0 Å². The van der Waals surface area contributed by atoms with Crippen LogP contribution in [0.3, 0.4) is 0 Å². The number of amides is 2. The lowest BCUT2D eigenvalue weighted by Gasteiger charge is -2.12. The van der Waals surface area contributed by atoms with E-state index in [4.69, 9.17) is 4.42 Å². The molecule has 0 fully saturated rings. The van der Waals surface area contributed by atoms with Crippen molar-refractivity contribution in [1.29, 1.82) is 0 Å². The van der Waals surface area contributed by atoms with E-state index in [0.717, 1.165) is 17.0 Å². The standard InChI is InChI=1S/C15H20N4O2/c1-10-8-17-14(21-10)9-18-15(20)19-13-6-4-5-12(7-13)11(2)16-3/h4-8,11,16H,9H2,1-3H3,(H2,18,19,20). The molecule has 2 rings (SSSR count). The summed E-state index contributed by atoms with van der Waals surface area (Å²) in [7, 11) is 1.90. The van der Waals surface area contributed by atoms with E-state index >= 15 is 0 Å². The fraction of sp³-hybridized carbons (Fsp3) is 0.333. The minimum Gasteiger partial charge on any atom is -0.444 e. The summed E-state index contributed by atoms with van der Waals surface area (Å²) in [5, 5.41) is 8.65. The normalized spacial score (nSPS) is 12.0. The summed E-state index contributed by atoms with van der Waals surface area (Å²) in [4.78, 5) is 15.9. The third-order valence-corrected chi connectivity index (χ3v) is 3.15. The van der Waals surface area contributed by atoms with Crippen LogP contribution in [0.5, 0.6) is 0 Å². The quantitative estimate of drug-likeness (QED) is 0.790. The number of aromatic nitrogens is 1. The van der Waals surface area contributed by atoms with Crippen LogP contribution in [-0.4, -0.2) is 18.1 Å². The van der Waals surface area contributed by atoms with E-state index in [2.05, 4.69) is 27.9 Å². The molecule has 0 saturated carbocycles. The van der Waals surface area contributed by atoms with E-state index in [0.29, 0.717) is 5.89 Å². The Labute approximate surface area is 124 Å². The van der Waals surface area contributed by atoms with Crippen molar-refractivity contribution in [2.24, 2.45) is 0 Å². The maximum Gasteiger partial charge on any atom is 0.319 e. The number of hydrogen-bond donors (Lipinski definition) is 3. The summed E-state index contributed by atoms with van der Waals surface area (Å²) in [6.07, 6.45) is 1.62. The third-order valence-electron chi connectivity index (χ3n) is 3.15. The lowest BCUT2D eigenvalue weighted by atomic mass is 10.1. The zero-order valence-corrected chi connectivity index (χ0v) is 12.4. The number of benzene rings is 1. The highest BCUT2D eigenvalue weighted by molar-refractivity contribution is 5.89. The molecular formula is C15H20N4O2. The van der Waals surface area contributed by atoms with E-state index < -0.39 is 0 Å². The first kappa shape index (κ1) is 15.1. The second kappa shape index (κ2) is 6.90. The van der Waals surface area contributed by atoms with Crippen LogP contribution in [0, 0.1) is 6.92 Å². The second-order valence-corrected chi connectivity index (χ2v) is 4.81. The minimum absolute atomic E-state index is 0.227. The molecule has 1 atom stereocenters. The molecule has 2 aromatic rings. The fourth-order valence-corrected chi connectivity index (χ4v) is 1.87. The molecule has 0 bridgehead atoms. The first-order valence-corrected chi connectivity index (χ1v) is 6.82. The van der Waals surface area contributed by atoms with Gasteiger partial charge in [-0.2, -0.15) is 0 Å². The topological polar surface area (TPSA) is 79.2 Å². The van der Waals surface area contributed by atoms with E-state index in [9.17, 15) is 4.79 Å². The molecule has 0 aliphatic carbocycles. The number of oxazole rings is 1. The lowest BCUT2D eigenvalue weighted by Crippen LogP contribution is -2.28. The Hall–Kier alpha value is -2.34. The fourth-order valence-electron chi connectivity index (χ4n) is 1.87. The molecule has 3 N–H and O–H groups in total.